The molecule has 9 heteroatoms. The molecule has 2 aromatic rings. The molecule has 0 fully saturated rings. The molecule has 0 aliphatic carbocycles. The van der Waals surface area contributed by atoms with Crippen molar-refractivity contribution in [2.75, 3.05) is 12.8 Å². The van der Waals surface area contributed by atoms with Gasteiger partial charge in [0.15, 0.2) is 5.69 Å². The molecule has 0 aliphatic rings. The van der Waals surface area contributed by atoms with Crippen molar-refractivity contribution in [2.24, 2.45) is 0 Å². The van der Waals surface area contributed by atoms with Crippen LogP contribution in [-0.4, -0.2) is 17.6 Å². The molecule has 0 bridgehead atoms. The molecule has 2 rings (SSSR count). The number of methoxy groups -OCH3 is 1. The molecule has 0 atom stereocenters. The highest BCUT2D eigenvalue weighted by Crippen LogP contribution is 2.41. The zero-order valence-electron chi connectivity index (χ0n) is 11.0. The standard InChI is InChI=1S/C13H7Br2Cl2N3O2/c1-22-13(21)12-10(19)5(3-18)4-20(12)11-7(16)2-6(14)9(17)8(11)15/h2,4H,19H2,1H3. The van der Waals surface area contributed by atoms with Crippen molar-refractivity contribution in [3.8, 4) is 11.8 Å². The molecule has 5 nitrogen and oxygen atoms in total. The third kappa shape index (κ3) is 2.72. The van der Waals surface area contributed by atoms with Crippen molar-refractivity contribution in [3.05, 3.63) is 42.5 Å². The van der Waals surface area contributed by atoms with E-state index in [1.165, 1.54) is 17.9 Å². The lowest BCUT2D eigenvalue weighted by atomic mass is 10.2. The maximum atomic E-state index is 12.0. The van der Waals surface area contributed by atoms with Crippen LogP contribution in [0.4, 0.5) is 5.69 Å². The first-order valence-electron chi connectivity index (χ1n) is 5.66. The number of rotatable bonds is 2. The molecule has 0 saturated carbocycles. The number of nitrogen functional groups attached to an aromatic ring is 1. The lowest BCUT2D eigenvalue weighted by molar-refractivity contribution is 0.0593. The van der Waals surface area contributed by atoms with Crippen molar-refractivity contribution >= 4 is 66.7 Å². The number of nitriles is 1. The van der Waals surface area contributed by atoms with Crippen LogP contribution in [0.2, 0.25) is 10.0 Å². The number of hydrogen-bond donors (Lipinski definition) is 1. The van der Waals surface area contributed by atoms with Crippen molar-refractivity contribution in [1.82, 2.24) is 4.57 Å². The number of ether oxygens (including phenoxy) is 1. The van der Waals surface area contributed by atoms with Gasteiger partial charge in [0, 0.05) is 10.7 Å². The van der Waals surface area contributed by atoms with Gasteiger partial charge in [-0.2, -0.15) is 5.26 Å². The first-order chi connectivity index (χ1) is 10.3. The van der Waals surface area contributed by atoms with E-state index in [2.05, 4.69) is 31.9 Å². The summed E-state index contributed by atoms with van der Waals surface area (Å²) < 4.78 is 7.12. The molecule has 0 radical (unpaired) electrons. The van der Waals surface area contributed by atoms with E-state index >= 15 is 0 Å². The second-order valence-electron chi connectivity index (χ2n) is 4.10. The molecule has 114 valence electrons. The maximum Gasteiger partial charge on any atom is 0.357 e. The van der Waals surface area contributed by atoms with E-state index < -0.39 is 5.97 Å². The zero-order valence-corrected chi connectivity index (χ0v) is 15.6. The number of esters is 1. The van der Waals surface area contributed by atoms with Crippen LogP contribution in [0.1, 0.15) is 16.1 Å². The van der Waals surface area contributed by atoms with Crippen LogP contribution >= 0.6 is 55.1 Å². The van der Waals surface area contributed by atoms with Gasteiger partial charge in [0.1, 0.15) is 6.07 Å². The van der Waals surface area contributed by atoms with Gasteiger partial charge in [-0.3, -0.25) is 0 Å². The minimum atomic E-state index is -0.694. The zero-order chi connectivity index (χ0) is 16.6. The van der Waals surface area contributed by atoms with Crippen LogP contribution in [-0.2, 0) is 4.74 Å². The second-order valence-corrected chi connectivity index (χ2v) is 6.53. The summed E-state index contributed by atoms with van der Waals surface area (Å²) in [5, 5.41) is 9.78. The number of anilines is 1. The third-order valence-corrected chi connectivity index (χ3v) is 5.41. The SMILES string of the molecule is COC(=O)c1c(N)c(C#N)cn1-c1c(Cl)cc(Br)c(Cl)c1Br. The van der Waals surface area contributed by atoms with Gasteiger partial charge in [-0.1, -0.05) is 23.2 Å². The fourth-order valence-corrected chi connectivity index (χ4v) is 3.86. The van der Waals surface area contributed by atoms with E-state index in [9.17, 15) is 4.79 Å². The summed E-state index contributed by atoms with van der Waals surface area (Å²) in [7, 11) is 1.22. The highest BCUT2D eigenvalue weighted by molar-refractivity contribution is 9.11. The molecule has 0 unspecified atom stereocenters. The normalized spacial score (nSPS) is 10.4. The molecule has 22 heavy (non-hydrogen) atoms. The van der Waals surface area contributed by atoms with E-state index in [0.29, 0.717) is 24.7 Å². The molecule has 1 aromatic heterocycles. The van der Waals surface area contributed by atoms with Crippen LogP contribution in [0.5, 0.6) is 0 Å². The molecule has 0 aliphatic heterocycles. The Bertz CT molecular complexity index is 828. The van der Waals surface area contributed by atoms with Gasteiger partial charge in [-0.05, 0) is 37.9 Å². The number of aromatic nitrogens is 1. The smallest absolute Gasteiger partial charge is 0.357 e. The number of carbonyl (C=O) groups excluding carboxylic acids is 1. The van der Waals surface area contributed by atoms with Crippen molar-refractivity contribution < 1.29 is 9.53 Å². The lowest BCUT2D eigenvalue weighted by Crippen LogP contribution is -2.12. The van der Waals surface area contributed by atoms with E-state index in [1.807, 2.05) is 6.07 Å². The first kappa shape index (κ1) is 17.2. The minimum absolute atomic E-state index is 0.0000362. The van der Waals surface area contributed by atoms with Crippen LogP contribution in [0.15, 0.2) is 21.2 Å². The lowest BCUT2D eigenvalue weighted by Gasteiger charge is -2.14. The number of carbonyl (C=O) groups is 1. The van der Waals surface area contributed by atoms with E-state index in [0.717, 1.165) is 0 Å². The Morgan fingerprint density at radius 1 is 1.45 bits per heavy atom. The maximum absolute atomic E-state index is 12.0. The second kappa shape index (κ2) is 6.50. The Labute approximate surface area is 152 Å². The third-order valence-electron chi connectivity index (χ3n) is 2.87. The van der Waals surface area contributed by atoms with Gasteiger partial charge in [-0.25, -0.2) is 4.79 Å². The van der Waals surface area contributed by atoms with Gasteiger partial charge >= 0.3 is 5.97 Å². The fraction of sp³-hybridized carbons (Fsp3) is 0.0769. The largest absolute Gasteiger partial charge is 0.464 e. The molecular formula is C13H7Br2Cl2N3O2. The van der Waals surface area contributed by atoms with Crippen LogP contribution in [0.3, 0.4) is 0 Å². The average Bonchev–Trinajstić information content (AvgIpc) is 2.80. The highest BCUT2D eigenvalue weighted by atomic mass is 79.9. The van der Waals surface area contributed by atoms with Crippen LogP contribution in [0, 0.1) is 11.3 Å². The Morgan fingerprint density at radius 2 is 2.09 bits per heavy atom. The Balaban J connectivity index is 2.88. The van der Waals surface area contributed by atoms with E-state index in [1.54, 1.807) is 6.07 Å². The van der Waals surface area contributed by atoms with Gasteiger partial charge in [0.05, 0.1) is 38.6 Å². The predicted octanol–water partition coefficient (Wildman–Crippen LogP) is 4.55. The first-order valence-corrected chi connectivity index (χ1v) is 8.00. The average molecular weight is 468 g/mol. The summed E-state index contributed by atoms with van der Waals surface area (Å²) in [6.07, 6.45) is 1.40. The van der Waals surface area contributed by atoms with Crippen molar-refractivity contribution in [3.63, 3.8) is 0 Å². The molecule has 2 N–H and O–H groups in total. The van der Waals surface area contributed by atoms with Gasteiger partial charge in [0.25, 0.3) is 0 Å². The number of nitrogens with two attached hydrogens (primary N) is 1. The van der Waals surface area contributed by atoms with Crippen LogP contribution in [0.25, 0.3) is 5.69 Å². The summed E-state index contributed by atoms with van der Waals surface area (Å²) in [5.41, 5.74) is 6.37. The van der Waals surface area contributed by atoms with Gasteiger partial charge in [0.2, 0.25) is 0 Å². The van der Waals surface area contributed by atoms with Crippen LogP contribution < -0.4 is 5.73 Å². The van der Waals surface area contributed by atoms with Crippen molar-refractivity contribution in [1.29, 1.82) is 5.26 Å². The van der Waals surface area contributed by atoms with Gasteiger partial charge in [-0.15, -0.1) is 0 Å². The molecule has 0 saturated heterocycles. The quantitative estimate of drug-likeness (QED) is 0.399. The Morgan fingerprint density at radius 3 is 2.64 bits per heavy atom. The fourth-order valence-electron chi connectivity index (χ4n) is 1.87. The predicted molar refractivity (Wildman–Crippen MR) is 91.7 cm³/mol. The van der Waals surface area contributed by atoms with Gasteiger partial charge < -0.3 is 15.0 Å². The minimum Gasteiger partial charge on any atom is -0.464 e. The number of benzene rings is 1. The molecular weight excluding hydrogens is 461 g/mol. The molecule has 0 amide bonds. The monoisotopic (exact) mass is 465 g/mol. The Kier molecular flexibility index (Phi) is 5.07. The highest BCUT2D eigenvalue weighted by Gasteiger charge is 2.25. The van der Waals surface area contributed by atoms with E-state index in [4.69, 9.17) is 38.9 Å². The summed E-state index contributed by atoms with van der Waals surface area (Å²) >= 11 is 19.0. The molecule has 0 spiro atoms. The van der Waals surface area contributed by atoms with Crippen molar-refractivity contribution in [2.45, 2.75) is 0 Å². The molecule has 1 heterocycles. The number of halogens is 4. The summed E-state index contributed by atoms with van der Waals surface area (Å²) in [5.74, 6) is -0.694. The molecule has 1 aromatic carbocycles. The number of nitrogens with zero attached hydrogens (tertiary/aromatic N) is 2. The Hall–Kier alpha value is -1.20. The summed E-state index contributed by atoms with van der Waals surface area (Å²) in [6.45, 7) is 0. The van der Waals surface area contributed by atoms with E-state index in [-0.39, 0.29) is 16.9 Å². The topological polar surface area (TPSA) is 81.0 Å². The summed E-state index contributed by atoms with van der Waals surface area (Å²) in [6, 6.07) is 3.49. The number of hydrogen-bond acceptors (Lipinski definition) is 4. The summed E-state index contributed by atoms with van der Waals surface area (Å²) in [4.78, 5) is 12.0.